The van der Waals surface area contributed by atoms with Crippen molar-refractivity contribution in [1.82, 2.24) is 0 Å². The molecule has 124 valence electrons. The lowest BCUT2D eigenvalue weighted by Gasteiger charge is -2.06. The topological polar surface area (TPSA) is 26.3 Å². The van der Waals surface area contributed by atoms with E-state index < -0.39 is 12.1 Å². The van der Waals surface area contributed by atoms with Crippen molar-refractivity contribution in [2.45, 2.75) is 77.3 Å². The third kappa shape index (κ3) is 13.7. The molecule has 0 aliphatic carbocycles. The number of esters is 1. The van der Waals surface area contributed by atoms with E-state index in [0.717, 1.165) is 44.9 Å². The van der Waals surface area contributed by atoms with Crippen molar-refractivity contribution in [2.75, 3.05) is 6.61 Å². The second-order valence-corrected chi connectivity index (χ2v) is 5.16. The van der Waals surface area contributed by atoms with Crippen LogP contribution in [0.5, 0.6) is 0 Å². The monoisotopic (exact) mass is 308 g/mol. The van der Waals surface area contributed by atoms with Crippen LogP contribution in [0.25, 0.3) is 0 Å². The van der Waals surface area contributed by atoms with Gasteiger partial charge >= 0.3 is 12.1 Å². The second-order valence-electron chi connectivity index (χ2n) is 5.16. The standard InChI is InChI=1S/C16H27F3O2/c1-2-3-4-5-6-7-8-9-10-11-12-13-14-21-15(20)16(17,18)19/h5-6H,2-4,7-14H2,1H3/b6-5+. The first kappa shape index (κ1) is 20.0. The number of ether oxygens (including phenoxy) is 1. The van der Waals surface area contributed by atoms with Crippen molar-refractivity contribution in [2.24, 2.45) is 0 Å². The number of unbranched alkanes of at least 4 members (excludes halogenated alkanes) is 8. The predicted octanol–water partition coefficient (Wildman–Crippen LogP) is 5.57. The Balaban J connectivity index is 3.23. The summed E-state index contributed by atoms with van der Waals surface area (Å²) in [6, 6.07) is 0. The molecule has 0 heterocycles. The van der Waals surface area contributed by atoms with E-state index in [9.17, 15) is 18.0 Å². The fraction of sp³-hybridized carbons (Fsp3) is 0.812. The van der Waals surface area contributed by atoms with Crippen molar-refractivity contribution < 1.29 is 22.7 Å². The third-order valence-corrected chi connectivity index (χ3v) is 3.12. The summed E-state index contributed by atoms with van der Waals surface area (Å²) in [5.41, 5.74) is 0. The first-order valence-electron chi connectivity index (χ1n) is 7.87. The first-order chi connectivity index (χ1) is 9.98. The van der Waals surface area contributed by atoms with E-state index in [1.165, 1.54) is 12.8 Å². The Labute approximate surface area is 125 Å². The largest absolute Gasteiger partial charge is 0.490 e. The Hall–Kier alpha value is -1.00. The van der Waals surface area contributed by atoms with Gasteiger partial charge in [0.15, 0.2) is 0 Å². The van der Waals surface area contributed by atoms with Crippen LogP contribution in [0, 0.1) is 0 Å². The number of hydrogen-bond donors (Lipinski definition) is 0. The van der Waals surface area contributed by atoms with Crippen molar-refractivity contribution in [3.63, 3.8) is 0 Å². The molecule has 0 aromatic heterocycles. The van der Waals surface area contributed by atoms with Gasteiger partial charge in [0.2, 0.25) is 0 Å². The van der Waals surface area contributed by atoms with Crippen molar-refractivity contribution in [3.05, 3.63) is 12.2 Å². The van der Waals surface area contributed by atoms with E-state index in [2.05, 4.69) is 23.8 Å². The van der Waals surface area contributed by atoms with Crippen molar-refractivity contribution in [3.8, 4) is 0 Å². The summed E-state index contributed by atoms with van der Waals surface area (Å²) >= 11 is 0. The minimum Gasteiger partial charge on any atom is -0.459 e. The highest BCUT2D eigenvalue weighted by Gasteiger charge is 2.40. The maximum Gasteiger partial charge on any atom is 0.490 e. The lowest BCUT2D eigenvalue weighted by atomic mass is 10.1. The highest BCUT2D eigenvalue weighted by molar-refractivity contribution is 5.75. The maximum atomic E-state index is 11.8. The van der Waals surface area contributed by atoms with Gasteiger partial charge in [-0.15, -0.1) is 0 Å². The number of halogens is 3. The SMILES string of the molecule is CCCC/C=C/CCCCCCCCOC(=O)C(F)(F)F. The van der Waals surface area contributed by atoms with Gasteiger partial charge in [0.1, 0.15) is 0 Å². The smallest absolute Gasteiger partial charge is 0.459 e. The van der Waals surface area contributed by atoms with E-state index in [0.29, 0.717) is 6.42 Å². The molecule has 0 aliphatic heterocycles. The first-order valence-corrected chi connectivity index (χ1v) is 7.87. The summed E-state index contributed by atoms with van der Waals surface area (Å²) in [5, 5.41) is 0. The van der Waals surface area contributed by atoms with Crippen LogP contribution >= 0.6 is 0 Å². The molecule has 0 saturated carbocycles. The maximum absolute atomic E-state index is 11.8. The molecule has 0 radical (unpaired) electrons. The Morgan fingerprint density at radius 1 is 0.905 bits per heavy atom. The fourth-order valence-electron chi connectivity index (χ4n) is 1.88. The molecule has 0 N–H and O–H groups in total. The number of carbonyl (C=O) groups excluding carboxylic acids is 1. The van der Waals surface area contributed by atoms with Gasteiger partial charge in [-0.2, -0.15) is 13.2 Å². The van der Waals surface area contributed by atoms with E-state index in [1.807, 2.05) is 0 Å². The molecule has 0 saturated heterocycles. The van der Waals surface area contributed by atoms with Crippen LogP contribution in [0.1, 0.15) is 71.1 Å². The highest BCUT2D eigenvalue weighted by atomic mass is 19.4. The third-order valence-electron chi connectivity index (χ3n) is 3.12. The molecule has 0 unspecified atom stereocenters. The Kier molecular flexibility index (Phi) is 12.1. The number of alkyl halides is 3. The Bertz CT molecular complexity index is 286. The van der Waals surface area contributed by atoms with E-state index in [-0.39, 0.29) is 6.61 Å². The van der Waals surface area contributed by atoms with Gasteiger partial charge in [-0.25, -0.2) is 4.79 Å². The van der Waals surface area contributed by atoms with Crippen LogP contribution in [0.3, 0.4) is 0 Å². The molecule has 0 fully saturated rings. The average molecular weight is 308 g/mol. The van der Waals surface area contributed by atoms with E-state index in [1.54, 1.807) is 0 Å². The summed E-state index contributed by atoms with van der Waals surface area (Å²) in [6.45, 7) is 2.04. The number of allylic oxidation sites excluding steroid dienone is 2. The summed E-state index contributed by atoms with van der Waals surface area (Å²) in [4.78, 5) is 10.4. The molecule has 0 aliphatic rings. The molecule has 0 aromatic carbocycles. The van der Waals surface area contributed by atoms with Gasteiger partial charge in [-0.05, 0) is 25.7 Å². The van der Waals surface area contributed by atoms with Gasteiger partial charge in [-0.1, -0.05) is 57.6 Å². The predicted molar refractivity (Wildman–Crippen MR) is 78.0 cm³/mol. The van der Waals surface area contributed by atoms with Crippen LogP contribution < -0.4 is 0 Å². The van der Waals surface area contributed by atoms with Crippen LogP contribution in [0.4, 0.5) is 13.2 Å². The minimum absolute atomic E-state index is 0.140. The van der Waals surface area contributed by atoms with Crippen LogP contribution in [0.15, 0.2) is 12.2 Å². The van der Waals surface area contributed by atoms with E-state index in [4.69, 9.17) is 0 Å². The zero-order valence-electron chi connectivity index (χ0n) is 12.9. The molecule has 0 atom stereocenters. The molecule has 2 nitrogen and oxygen atoms in total. The highest BCUT2D eigenvalue weighted by Crippen LogP contribution is 2.16. The van der Waals surface area contributed by atoms with Gasteiger partial charge in [-0.3, -0.25) is 0 Å². The molecule has 0 amide bonds. The lowest BCUT2D eigenvalue weighted by Crippen LogP contribution is -2.25. The Morgan fingerprint density at radius 3 is 2.00 bits per heavy atom. The zero-order chi connectivity index (χ0) is 16.0. The molecular formula is C16H27F3O2. The average Bonchev–Trinajstić information content (AvgIpc) is 2.42. The van der Waals surface area contributed by atoms with Crippen LogP contribution in [0.2, 0.25) is 0 Å². The van der Waals surface area contributed by atoms with Gasteiger partial charge in [0.25, 0.3) is 0 Å². The fourth-order valence-corrected chi connectivity index (χ4v) is 1.88. The number of rotatable bonds is 12. The molecule has 21 heavy (non-hydrogen) atoms. The quantitative estimate of drug-likeness (QED) is 0.268. The summed E-state index contributed by atoms with van der Waals surface area (Å²) in [5.74, 6) is -2.09. The normalized spacial score (nSPS) is 12.0. The summed E-state index contributed by atoms with van der Waals surface area (Å²) in [7, 11) is 0. The molecule has 0 bridgehead atoms. The summed E-state index contributed by atoms with van der Waals surface area (Å²) in [6.07, 6.45) is 9.98. The van der Waals surface area contributed by atoms with Crippen LogP contribution in [-0.2, 0) is 9.53 Å². The summed E-state index contributed by atoms with van der Waals surface area (Å²) < 4.78 is 39.6. The van der Waals surface area contributed by atoms with E-state index >= 15 is 0 Å². The van der Waals surface area contributed by atoms with Crippen molar-refractivity contribution in [1.29, 1.82) is 0 Å². The molecule has 0 aromatic rings. The number of hydrogen-bond acceptors (Lipinski definition) is 2. The zero-order valence-corrected chi connectivity index (χ0v) is 12.9. The van der Waals surface area contributed by atoms with Gasteiger partial charge in [0.05, 0.1) is 6.61 Å². The van der Waals surface area contributed by atoms with Crippen LogP contribution in [-0.4, -0.2) is 18.8 Å². The minimum atomic E-state index is -4.87. The molecular weight excluding hydrogens is 281 g/mol. The number of carbonyl (C=O) groups is 1. The van der Waals surface area contributed by atoms with Gasteiger partial charge in [0, 0.05) is 0 Å². The molecule has 0 rings (SSSR count). The lowest BCUT2D eigenvalue weighted by molar-refractivity contribution is -0.199. The second kappa shape index (κ2) is 12.7. The molecule has 5 heteroatoms. The van der Waals surface area contributed by atoms with Crippen molar-refractivity contribution >= 4 is 5.97 Å². The van der Waals surface area contributed by atoms with Gasteiger partial charge < -0.3 is 4.74 Å². The molecule has 0 spiro atoms. The Morgan fingerprint density at radius 2 is 1.43 bits per heavy atom.